The van der Waals surface area contributed by atoms with Crippen LogP contribution >= 0.6 is 0 Å². The maximum absolute atomic E-state index is 8.53. The number of rotatable bonds is 5. The van der Waals surface area contributed by atoms with Crippen molar-refractivity contribution in [1.29, 1.82) is 0 Å². The second-order valence-electron chi connectivity index (χ2n) is 5.59. The van der Waals surface area contributed by atoms with Crippen molar-refractivity contribution in [3.63, 3.8) is 0 Å². The minimum absolute atomic E-state index is 0. The fourth-order valence-corrected chi connectivity index (χ4v) is 2.76. The molecule has 0 saturated heterocycles. The fraction of sp³-hybridized carbons (Fsp3) is 0.882. The Morgan fingerprint density at radius 3 is 1.90 bits per heavy atom. The molecule has 0 radical (unpaired) electrons. The summed E-state index contributed by atoms with van der Waals surface area (Å²) in [6, 6.07) is 0. The Morgan fingerprint density at radius 2 is 1.50 bits per heavy atom. The van der Waals surface area contributed by atoms with Crippen LogP contribution in [0.25, 0.3) is 0 Å². The first-order chi connectivity index (χ1) is 8.34. The molecule has 1 N–H and O–H groups in total. The van der Waals surface area contributed by atoms with Crippen LogP contribution in [0.2, 0.25) is 0 Å². The van der Waals surface area contributed by atoms with E-state index in [9.17, 15) is 0 Å². The Bertz CT molecular complexity index is 165. The second kappa shape index (κ2) is 17.5. The number of ether oxygens (including phenoxy) is 1. The van der Waals surface area contributed by atoms with Crippen molar-refractivity contribution in [3.05, 3.63) is 14.9 Å². The molecule has 0 aliphatic heterocycles. The van der Waals surface area contributed by atoms with Gasteiger partial charge in [0.25, 0.3) is 0 Å². The standard InChI is InChI=1S/C10H20O2.C5H10.2CH3.Fe/c1-9-4-2-5-10(9)8-12-7-3-6-11;1-2-4-5-3-1;;;/h9-11H,2-8H2,1H3;1-5H2;2*1H3;/q;;2*-1;+2. The zero-order chi connectivity index (χ0) is 12.3. The van der Waals surface area contributed by atoms with E-state index in [4.69, 9.17) is 9.84 Å². The van der Waals surface area contributed by atoms with E-state index in [1.807, 2.05) is 0 Å². The summed E-state index contributed by atoms with van der Waals surface area (Å²) in [5, 5.41) is 8.53. The molecule has 0 aromatic carbocycles. The van der Waals surface area contributed by atoms with Crippen molar-refractivity contribution in [1.82, 2.24) is 0 Å². The Kier molecular flexibility index (Phi) is 22.2. The van der Waals surface area contributed by atoms with Gasteiger partial charge in [-0.15, -0.1) is 0 Å². The van der Waals surface area contributed by atoms with Crippen LogP contribution in [0.4, 0.5) is 0 Å². The minimum atomic E-state index is 0. The van der Waals surface area contributed by atoms with Gasteiger partial charge in [-0.3, -0.25) is 0 Å². The second-order valence-corrected chi connectivity index (χ2v) is 5.59. The molecular formula is C17H36FeO2. The summed E-state index contributed by atoms with van der Waals surface area (Å²) in [6.07, 6.45) is 12.4. The first kappa shape index (κ1) is 25.4. The predicted molar refractivity (Wildman–Crippen MR) is 84.9 cm³/mol. The molecule has 0 amide bonds. The average molecular weight is 328 g/mol. The van der Waals surface area contributed by atoms with E-state index < -0.39 is 0 Å². The predicted octanol–water partition coefficient (Wildman–Crippen LogP) is 4.67. The van der Waals surface area contributed by atoms with Crippen LogP contribution in [0.1, 0.15) is 64.7 Å². The van der Waals surface area contributed by atoms with Crippen LogP contribution in [-0.4, -0.2) is 24.9 Å². The summed E-state index contributed by atoms with van der Waals surface area (Å²) >= 11 is 0. The zero-order valence-corrected chi connectivity index (χ0v) is 15.0. The van der Waals surface area contributed by atoms with Crippen LogP contribution in [-0.2, 0) is 21.8 Å². The molecule has 0 heterocycles. The van der Waals surface area contributed by atoms with Gasteiger partial charge in [0, 0.05) is 19.8 Å². The van der Waals surface area contributed by atoms with E-state index in [2.05, 4.69) is 6.92 Å². The van der Waals surface area contributed by atoms with Crippen molar-refractivity contribution in [2.45, 2.75) is 64.7 Å². The normalized spacial score (nSPS) is 23.7. The number of hydrogen-bond acceptors (Lipinski definition) is 2. The Hall–Kier alpha value is 0.439. The van der Waals surface area contributed by atoms with Crippen molar-refractivity contribution in [2.24, 2.45) is 11.8 Å². The molecule has 2 aliphatic rings. The molecule has 2 nitrogen and oxygen atoms in total. The van der Waals surface area contributed by atoms with E-state index in [1.165, 1.54) is 51.4 Å². The van der Waals surface area contributed by atoms with Crippen molar-refractivity contribution in [3.8, 4) is 0 Å². The Morgan fingerprint density at radius 1 is 0.950 bits per heavy atom. The maximum Gasteiger partial charge on any atom is 2.00 e. The van der Waals surface area contributed by atoms with Gasteiger partial charge >= 0.3 is 17.1 Å². The van der Waals surface area contributed by atoms with Crippen LogP contribution in [0.15, 0.2) is 0 Å². The van der Waals surface area contributed by atoms with Gasteiger partial charge in [-0.2, -0.15) is 0 Å². The van der Waals surface area contributed by atoms with Crippen LogP contribution in [0, 0.1) is 26.7 Å². The van der Waals surface area contributed by atoms with Gasteiger partial charge in [0.05, 0.1) is 0 Å². The molecule has 20 heavy (non-hydrogen) atoms. The van der Waals surface area contributed by atoms with E-state index in [0.717, 1.165) is 31.5 Å². The molecule has 124 valence electrons. The van der Waals surface area contributed by atoms with Crippen LogP contribution < -0.4 is 0 Å². The van der Waals surface area contributed by atoms with Crippen molar-refractivity contribution >= 4 is 0 Å². The quantitative estimate of drug-likeness (QED) is 0.451. The van der Waals surface area contributed by atoms with Gasteiger partial charge in [0.15, 0.2) is 0 Å². The molecule has 2 unspecified atom stereocenters. The first-order valence-electron chi connectivity index (χ1n) is 7.53. The van der Waals surface area contributed by atoms with E-state index in [0.29, 0.717) is 0 Å². The minimum Gasteiger partial charge on any atom is -0.396 e. The van der Waals surface area contributed by atoms with Gasteiger partial charge in [0.1, 0.15) is 0 Å². The monoisotopic (exact) mass is 328 g/mol. The molecule has 2 aliphatic carbocycles. The SMILES string of the molecule is C1CCCC1.CC1CCCC1COCCCO.[CH3-].[CH3-].[Fe+2]. The first-order valence-corrected chi connectivity index (χ1v) is 7.53. The van der Waals surface area contributed by atoms with Gasteiger partial charge < -0.3 is 24.7 Å². The van der Waals surface area contributed by atoms with Gasteiger partial charge in [0.2, 0.25) is 0 Å². The summed E-state index contributed by atoms with van der Waals surface area (Å²) in [5.41, 5.74) is 0. The van der Waals surface area contributed by atoms with E-state index in [1.54, 1.807) is 0 Å². The molecular weight excluding hydrogens is 292 g/mol. The van der Waals surface area contributed by atoms with Gasteiger partial charge in [-0.05, 0) is 24.7 Å². The smallest absolute Gasteiger partial charge is 0.396 e. The molecule has 0 aromatic rings. The summed E-state index contributed by atoms with van der Waals surface area (Å²) < 4.78 is 5.47. The summed E-state index contributed by atoms with van der Waals surface area (Å²) in [7, 11) is 0. The molecule has 0 spiro atoms. The molecule has 2 rings (SSSR count). The van der Waals surface area contributed by atoms with Gasteiger partial charge in [-0.25, -0.2) is 0 Å². The van der Waals surface area contributed by atoms with Gasteiger partial charge in [-0.1, -0.05) is 51.9 Å². The van der Waals surface area contributed by atoms with E-state index in [-0.39, 0.29) is 38.5 Å². The maximum atomic E-state index is 8.53. The largest absolute Gasteiger partial charge is 2.00 e. The van der Waals surface area contributed by atoms with Crippen LogP contribution in [0.3, 0.4) is 0 Å². The topological polar surface area (TPSA) is 29.5 Å². The molecule has 2 atom stereocenters. The zero-order valence-electron chi connectivity index (χ0n) is 13.8. The third-order valence-corrected chi connectivity index (χ3v) is 4.07. The molecule has 0 aromatic heterocycles. The van der Waals surface area contributed by atoms with Crippen molar-refractivity contribution in [2.75, 3.05) is 19.8 Å². The van der Waals surface area contributed by atoms with Crippen LogP contribution in [0.5, 0.6) is 0 Å². The molecule has 2 fully saturated rings. The molecule has 0 bridgehead atoms. The summed E-state index contributed by atoms with van der Waals surface area (Å²) in [4.78, 5) is 0. The van der Waals surface area contributed by atoms with E-state index >= 15 is 0 Å². The number of aliphatic hydroxyl groups excluding tert-OH is 1. The summed E-state index contributed by atoms with van der Waals surface area (Å²) in [5.74, 6) is 1.63. The third-order valence-electron chi connectivity index (χ3n) is 4.07. The summed E-state index contributed by atoms with van der Waals surface area (Å²) in [6.45, 7) is 4.19. The average Bonchev–Trinajstić information content (AvgIpc) is 2.99. The Balaban J connectivity index is -0.000000312. The van der Waals surface area contributed by atoms with Crippen molar-refractivity contribution < 1.29 is 26.9 Å². The third kappa shape index (κ3) is 12.2. The number of aliphatic hydroxyl groups is 1. The fourth-order valence-electron chi connectivity index (χ4n) is 2.76. The Labute approximate surface area is 138 Å². The number of hydrogen-bond donors (Lipinski definition) is 1. The molecule has 3 heteroatoms. The molecule has 2 saturated carbocycles.